The Morgan fingerprint density at radius 2 is 2.30 bits per heavy atom. The first-order chi connectivity index (χ1) is 9.52. The lowest BCUT2D eigenvalue weighted by molar-refractivity contribution is -0.384. The van der Waals surface area contributed by atoms with Gasteiger partial charge in [-0.1, -0.05) is 19.4 Å². The molecule has 20 heavy (non-hydrogen) atoms. The molecule has 110 valence electrons. The highest BCUT2D eigenvalue weighted by Crippen LogP contribution is 2.34. The number of aliphatic hydroxyl groups is 1. The van der Waals surface area contributed by atoms with Crippen LogP contribution >= 0.6 is 0 Å². The molecular formula is C15H22N2O3. The molecule has 2 atom stereocenters. The molecule has 0 amide bonds. The average Bonchev–Trinajstić information content (AvgIpc) is 2.46. The fourth-order valence-corrected chi connectivity index (χ4v) is 2.83. The van der Waals surface area contributed by atoms with Crippen molar-refractivity contribution in [2.45, 2.75) is 39.2 Å². The lowest BCUT2D eigenvalue weighted by Gasteiger charge is -2.33. The van der Waals surface area contributed by atoms with Crippen LogP contribution in [0.3, 0.4) is 0 Å². The van der Waals surface area contributed by atoms with Gasteiger partial charge in [-0.25, -0.2) is 0 Å². The smallest absolute Gasteiger partial charge is 0.292 e. The van der Waals surface area contributed by atoms with Crippen molar-refractivity contribution >= 4 is 11.4 Å². The number of hydrogen-bond acceptors (Lipinski definition) is 4. The second kappa shape index (κ2) is 6.22. The first-order valence-corrected chi connectivity index (χ1v) is 7.24. The number of nitro benzene ring substituents is 1. The molecule has 1 N–H and O–H groups in total. The number of hydrogen-bond donors (Lipinski definition) is 1. The van der Waals surface area contributed by atoms with Crippen LogP contribution in [0.15, 0.2) is 18.2 Å². The Morgan fingerprint density at radius 1 is 1.55 bits per heavy atom. The van der Waals surface area contributed by atoms with E-state index in [0.717, 1.165) is 25.9 Å². The van der Waals surface area contributed by atoms with Gasteiger partial charge >= 0.3 is 0 Å². The van der Waals surface area contributed by atoms with E-state index in [1.807, 2.05) is 0 Å². The first kappa shape index (κ1) is 14.8. The maximum atomic E-state index is 11.3. The summed E-state index contributed by atoms with van der Waals surface area (Å²) in [6.45, 7) is 5.53. The standard InChI is InChI=1S/C15H22N2O3/c1-3-12-5-4-8-16(10-12)14-7-6-13(11(2)18)9-15(14)17(19)20/h6-7,9,11-12,18H,3-5,8,10H2,1-2H3/t11-,12?/m1/s1. The van der Waals surface area contributed by atoms with Crippen LogP contribution in [0.25, 0.3) is 0 Å². The van der Waals surface area contributed by atoms with Gasteiger partial charge in [-0.15, -0.1) is 0 Å². The van der Waals surface area contributed by atoms with E-state index in [1.165, 1.54) is 12.5 Å². The minimum absolute atomic E-state index is 0.0974. The van der Waals surface area contributed by atoms with E-state index in [9.17, 15) is 15.2 Å². The fourth-order valence-electron chi connectivity index (χ4n) is 2.83. The number of aliphatic hydroxyl groups excluding tert-OH is 1. The zero-order valence-electron chi connectivity index (χ0n) is 12.1. The summed E-state index contributed by atoms with van der Waals surface area (Å²) in [5.41, 5.74) is 1.36. The average molecular weight is 278 g/mol. The van der Waals surface area contributed by atoms with Crippen molar-refractivity contribution in [2.24, 2.45) is 5.92 Å². The van der Waals surface area contributed by atoms with Crippen molar-refractivity contribution in [2.75, 3.05) is 18.0 Å². The Balaban J connectivity index is 2.32. The summed E-state index contributed by atoms with van der Waals surface area (Å²) >= 11 is 0. The number of anilines is 1. The molecule has 1 aromatic carbocycles. The van der Waals surface area contributed by atoms with Crippen molar-refractivity contribution in [3.8, 4) is 0 Å². The fraction of sp³-hybridized carbons (Fsp3) is 0.600. The highest BCUT2D eigenvalue weighted by Gasteiger charge is 2.25. The van der Waals surface area contributed by atoms with Crippen molar-refractivity contribution < 1.29 is 10.0 Å². The van der Waals surface area contributed by atoms with Gasteiger partial charge in [-0.3, -0.25) is 10.1 Å². The summed E-state index contributed by atoms with van der Waals surface area (Å²) in [4.78, 5) is 13.0. The molecule has 0 aromatic heterocycles. The van der Waals surface area contributed by atoms with Crippen LogP contribution in [0.1, 0.15) is 44.8 Å². The third-order valence-corrected chi connectivity index (χ3v) is 4.12. The van der Waals surface area contributed by atoms with Crippen molar-refractivity contribution in [3.05, 3.63) is 33.9 Å². The van der Waals surface area contributed by atoms with Gasteiger partial charge in [0.2, 0.25) is 0 Å². The van der Waals surface area contributed by atoms with Crippen LogP contribution in [-0.2, 0) is 0 Å². The van der Waals surface area contributed by atoms with Crippen LogP contribution in [-0.4, -0.2) is 23.1 Å². The zero-order chi connectivity index (χ0) is 14.7. The molecule has 0 bridgehead atoms. The van der Waals surface area contributed by atoms with Crippen LogP contribution in [0.5, 0.6) is 0 Å². The monoisotopic (exact) mass is 278 g/mol. The highest BCUT2D eigenvalue weighted by molar-refractivity contribution is 5.64. The predicted octanol–water partition coefficient (Wildman–Crippen LogP) is 3.27. The highest BCUT2D eigenvalue weighted by atomic mass is 16.6. The molecule has 1 saturated heterocycles. The zero-order valence-corrected chi connectivity index (χ0v) is 12.1. The molecule has 0 spiro atoms. The summed E-state index contributed by atoms with van der Waals surface area (Å²) in [5.74, 6) is 0.611. The second-order valence-corrected chi connectivity index (χ2v) is 5.54. The molecule has 5 nitrogen and oxygen atoms in total. The molecule has 1 fully saturated rings. The minimum Gasteiger partial charge on any atom is -0.389 e. The molecule has 0 aliphatic carbocycles. The maximum absolute atomic E-state index is 11.3. The van der Waals surface area contributed by atoms with Crippen LogP contribution in [0.2, 0.25) is 0 Å². The van der Waals surface area contributed by atoms with Crippen LogP contribution < -0.4 is 4.90 Å². The summed E-state index contributed by atoms with van der Waals surface area (Å²) < 4.78 is 0. The Labute approximate surface area is 119 Å². The number of nitrogens with zero attached hydrogens (tertiary/aromatic N) is 2. The molecule has 2 rings (SSSR count). The van der Waals surface area contributed by atoms with Gasteiger partial charge in [0.25, 0.3) is 5.69 Å². The summed E-state index contributed by atoms with van der Waals surface area (Å²) in [6, 6.07) is 5.05. The van der Waals surface area contributed by atoms with Gasteiger partial charge in [0, 0.05) is 19.2 Å². The normalized spacial score (nSPS) is 20.8. The minimum atomic E-state index is -0.688. The van der Waals surface area contributed by atoms with Gasteiger partial charge in [-0.2, -0.15) is 0 Å². The molecule has 1 heterocycles. The van der Waals surface area contributed by atoms with Crippen molar-refractivity contribution in [3.63, 3.8) is 0 Å². The molecule has 5 heteroatoms. The third-order valence-electron chi connectivity index (χ3n) is 4.12. The lowest BCUT2D eigenvalue weighted by Crippen LogP contribution is -2.35. The Hall–Kier alpha value is -1.62. The topological polar surface area (TPSA) is 66.6 Å². The predicted molar refractivity (Wildman–Crippen MR) is 79.0 cm³/mol. The van der Waals surface area contributed by atoms with E-state index < -0.39 is 6.10 Å². The molecular weight excluding hydrogens is 256 g/mol. The van der Waals surface area contributed by atoms with Crippen LogP contribution in [0, 0.1) is 16.0 Å². The van der Waals surface area contributed by atoms with Crippen molar-refractivity contribution in [1.82, 2.24) is 0 Å². The Bertz CT molecular complexity index is 488. The van der Waals surface area contributed by atoms with Gasteiger partial charge in [0.05, 0.1) is 11.0 Å². The Kier molecular flexibility index (Phi) is 4.60. The molecule has 1 aliphatic heterocycles. The van der Waals surface area contributed by atoms with E-state index in [4.69, 9.17) is 0 Å². The van der Waals surface area contributed by atoms with E-state index >= 15 is 0 Å². The molecule has 1 unspecified atom stereocenters. The largest absolute Gasteiger partial charge is 0.389 e. The van der Waals surface area contributed by atoms with E-state index in [1.54, 1.807) is 19.1 Å². The van der Waals surface area contributed by atoms with E-state index in [0.29, 0.717) is 17.2 Å². The summed E-state index contributed by atoms with van der Waals surface area (Å²) in [6.07, 6.45) is 2.70. The first-order valence-electron chi connectivity index (χ1n) is 7.24. The quantitative estimate of drug-likeness (QED) is 0.678. The van der Waals surface area contributed by atoms with E-state index in [2.05, 4.69) is 11.8 Å². The van der Waals surface area contributed by atoms with E-state index in [-0.39, 0.29) is 10.6 Å². The molecule has 1 aliphatic rings. The van der Waals surface area contributed by atoms with Gasteiger partial charge in [-0.05, 0) is 37.3 Å². The SMILES string of the molecule is CCC1CCCN(c2ccc([C@@H](C)O)cc2[N+](=O)[O-])C1. The Morgan fingerprint density at radius 3 is 2.90 bits per heavy atom. The number of nitro groups is 1. The second-order valence-electron chi connectivity index (χ2n) is 5.54. The van der Waals surface area contributed by atoms with Gasteiger partial charge in [0.1, 0.15) is 5.69 Å². The maximum Gasteiger partial charge on any atom is 0.292 e. The molecule has 0 saturated carbocycles. The third kappa shape index (κ3) is 3.10. The number of benzene rings is 1. The molecule has 0 radical (unpaired) electrons. The van der Waals surface area contributed by atoms with Crippen LogP contribution in [0.4, 0.5) is 11.4 Å². The lowest BCUT2D eigenvalue weighted by atomic mass is 9.95. The molecule has 1 aromatic rings. The van der Waals surface area contributed by atoms with Crippen molar-refractivity contribution in [1.29, 1.82) is 0 Å². The summed E-state index contributed by atoms with van der Waals surface area (Å²) in [7, 11) is 0. The van der Waals surface area contributed by atoms with Gasteiger partial charge in [0.15, 0.2) is 0 Å². The van der Waals surface area contributed by atoms with Gasteiger partial charge < -0.3 is 10.0 Å². The number of piperidine rings is 1. The number of rotatable bonds is 4. The summed E-state index contributed by atoms with van der Waals surface area (Å²) in [5, 5.41) is 20.9.